The van der Waals surface area contributed by atoms with Gasteiger partial charge >= 0.3 is 0 Å². The molecule has 0 bridgehead atoms. The average Bonchev–Trinajstić information content (AvgIpc) is 2.81. The number of carbonyl (C=O) groups excluding carboxylic acids is 1. The lowest BCUT2D eigenvalue weighted by molar-refractivity contribution is -0.118. The van der Waals surface area contributed by atoms with Crippen molar-refractivity contribution in [2.75, 3.05) is 25.4 Å². The van der Waals surface area contributed by atoms with Crippen molar-refractivity contribution in [3.05, 3.63) is 29.8 Å². The molecule has 2 rings (SSSR count). The summed E-state index contributed by atoms with van der Waals surface area (Å²) in [6.07, 6.45) is -0.343. The van der Waals surface area contributed by atoms with E-state index in [0.29, 0.717) is 18.8 Å². The molecule has 1 amide bonds. The number of aryl methyl sites for hydroxylation is 1. The van der Waals surface area contributed by atoms with E-state index < -0.39 is 0 Å². The number of carbonyl (C=O) groups is 1. The molecule has 2 atom stereocenters. The van der Waals surface area contributed by atoms with Gasteiger partial charge in [-0.2, -0.15) is 0 Å². The van der Waals surface area contributed by atoms with Crippen molar-refractivity contribution in [2.45, 2.75) is 17.9 Å². The van der Waals surface area contributed by atoms with Gasteiger partial charge in [0.1, 0.15) is 0 Å². The minimum absolute atomic E-state index is 0. The molecule has 0 aliphatic carbocycles. The summed E-state index contributed by atoms with van der Waals surface area (Å²) >= 11 is 1.55. The molecule has 1 aliphatic heterocycles. The maximum absolute atomic E-state index is 11.8. The molecule has 0 saturated carbocycles. The molecule has 3 N–H and O–H groups in total. The Balaban J connectivity index is 0.00000200. The van der Waals surface area contributed by atoms with Gasteiger partial charge in [0.15, 0.2) is 0 Å². The molecule has 2 unspecified atom stereocenters. The lowest BCUT2D eigenvalue weighted by Crippen LogP contribution is -2.35. The first kappa shape index (κ1) is 17.3. The van der Waals surface area contributed by atoms with Crippen LogP contribution in [0.2, 0.25) is 0 Å². The zero-order valence-corrected chi connectivity index (χ0v) is 13.1. The highest BCUT2D eigenvalue weighted by atomic mass is 35.5. The van der Waals surface area contributed by atoms with Crippen molar-refractivity contribution >= 4 is 30.1 Å². The first-order chi connectivity index (χ1) is 9.16. The Morgan fingerprint density at radius 1 is 1.45 bits per heavy atom. The normalized spacial score (nSPS) is 21.3. The summed E-state index contributed by atoms with van der Waals surface area (Å²) in [4.78, 5) is 12.9. The molecule has 1 aromatic rings. The molecule has 0 aromatic heterocycles. The van der Waals surface area contributed by atoms with Crippen LogP contribution in [0.4, 0.5) is 0 Å². The topological polar surface area (TPSA) is 61.4 Å². The van der Waals surface area contributed by atoms with E-state index in [1.165, 1.54) is 5.56 Å². The zero-order chi connectivity index (χ0) is 13.7. The largest absolute Gasteiger partial charge is 0.391 e. The van der Waals surface area contributed by atoms with Gasteiger partial charge in [0.05, 0.1) is 11.9 Å². The molecular formula is C14H21ClN2O2S. The van der Waals surface area contributed by atoms with Gasteiger partial charge in [0, 0.05) is 30.4 Å². The van der Waals surface area contributed by atoms with Gasteiger partial charge in [-0.05, 0) is 18.6 Å². The van der Waals surface area contributed by atoms with Crippen LogP contribution in [-0.2, 0) is 4.79 Å². The summed E-state index contributed by atoms with van der Waals surface area (Å²) in [6, 6.07) is 8.04. The van der Waals surface area contributed by atoms with Gasteiger partial charge in [0.25, 0.3) is 0 Å². The highest BCUT2D eigenvalue weighted by Gasteiger charge is 2.24. The van der Waals surface area contributed by atoms with Crippen LogP contribution < -0.4 is 10.6 Å². The second kappa shape index (κ2) is 8.52. The Morgan fingerprint density at radius 2 is 2.20 bits per heavy atom. The van der Waals surface area contributed by atoms with E-state index in [-0.39, 0.29) is 30.3 Å². The molecule has 112 valence electrons. The Morgan fingerprint density at radius 3 is 2.85 bits per heavy atom. The van der Waals surface area contributed by atoms with Crippen LogP contribution in [0.25, 0.3) is 0 Å². The molecule has 1 heterocycles. The fraction of sp³-hybridized carbons (Fsp3) is 0.500. The molecule has 1 fully saturated rings. The van der Waals surface area contributed by atoms with Crippen molar-refractivity contribution in [1.29, 1.82) is 0 Å². The van der Waals surface area contributed by atoms with Gasteiger partial charge in [-0.15, -0.1) is 24.2 Å². The van der Waals surface area contributed by atoms with Gasteiger partial charge in [-0.3, -0.25) is 4.79 Å². The Bertz CT molecular complexity index is 445. The molecule has 20 heavy (non-hydrogen) atoms. The standard InChI is InChI=1S/C14H20N2O2S.ClH/c1-10-4-2-3-5-13(10)19-9-14(18)16-7-11-6-15-8-12(11)17;/h2-5,11-12,15,17H,6-9H2,1H3,(H,16,18);1H. The van der Waals surface area contributed by atoms with E-state index in [2.05, 4.69) is 10.6 Å². The number of aliphatic hydroxyl groups is 1. The summed E-state index contributed by atoms with van der Waals surface area (Å²) in [5.41, 5.74) is 1.19. The van der Waals surface area contributed by atoms with Gasteiger partial charge in [-0.1, -0.05) is 18.2 Å². The van der Waals surface area contributed by atoms with E-state index in [9.17, 15) is 9.90 Å². The molecule has 1 aromatic carbocycles. The van der Waals surface area contributed by atoms with Crippen LogP contribution in [-0.4, -0.2) is 42.5 Å². The maximum atomic E-state index is 11.8. The van der Waals surface area contributed by atoms with Crippen LogP contribution >= 0.6 is 24.2 Å². The smallest absolute Gasteiger partial charge is 0.230 e. The van der Waals surface area contributed by atoms with Crippen molar-refractivity contribution in [3.8, 4) is 0 Å². The molecule has 0 radical (unpaired) electrons. The zero-order valence-electron chi connectivity index (χ0n) is 11.5. The fourth-order valence-corrected chi connectivity index (χ4v) is 2.94. The Labute approximate surface area is 130 Å². The van der Waals surface area contributed by atoms with Gasteiger partial charge in [0.2, 0.25) is 5.91 Å². The number of nitrogens with one attached hydrogen (secondary N) is 2. The molecular weight excluding hydrogens is 296 g/mol. The van der Waals surface area contributed by atoms with Gasteiger partial charge in [-0.25, -0.2) is 0 Å². The minimum atomic E-state index is -0.343. The lowest BCUT2D eigenvalue weighted by atomic mass is 10.1. The predicted octanol–water partition coefficient (Wildman–Crippen LogP) is 1.21. The number of thioether (sulfide) groups is 1. The highest BCUT2D eigenvalue weighted by Crippen LogP contribution is 2.21. The molecule has 1 aliphatic rings. The third-order valence-corrected chi connectivity index (χ3v) is 4.49. The van der Waals surface area contributed by atoms with E-state index in [4.69, 9.17) is 0 Å². The van der Waals surface area contributed by atoms with E-state index in [1.807, 2.05) is 31.2 Å². The maximum Gasteiger partial charge on any atom is 0.230 e. The molecule has 1 saturated heterocycles. The first-order valence-electron chi connectivity index (χ1n) is 6.50. The van der Waals surface area contributed by atoms with Crippen LogP contribution in [0.3, 0.4) is 0 Å². The number of β-amino-alcohol motifs (C(OH)–C–C–N with tert-alkyl or cyclic N) is 1. The monoisotopic (exact) mass is 316 g/mol. The number of amides is 1. The number of benzene rings is 1. The van der Waals surface area contributed by atoms with Crippen LogP contribution in [0, 0.1) is 12.8 Å². The third-order valence-electron chi connectivity index (χ3n) is 3.32. The summed E-state index contributed by atoms with van der Waals surface area (Å²) in [5.74, 6) is 0.570. The van der Waals surface area contributed by atoms with Crippen molar-refractivity contribution in [3.63, 3.8) is 0 Å². The van der Waals surface area contributed by atoms with Crippen molar-refractivity contribution in [1.82, 2.24) is 10.6 Å². The predicted molar refractivity (Wildman–Crippen MR) is 84.5 cm³/mol. The summed E-state index contributed by atoms with van der Waals surface area (Å²) in [7, 11) is 0. The minimum Gasteiger partial charge on any atom is -0.391 e. The third kappa shape index (κ3) is 4.98. The second-order valence-corrected chi connectivity index (χ2v) is 5.86. The van der Waals surface area contributed by atoms with E-state index in [0.717, 1.165) is 11.4 Å². The van der Waals surface area contributed by atoms with Crippen LogP contribution in [0.1, 0.15) is 5.56 Å². The van der Waals surface area contributed by atoms with Crippen molar-refractivity contribution < 1.29 is 9.90 Å². The quantitative estimate of drug-likeness (QED) is 0.715. The number of halogens is 1. The van der Waals surface area contributed by atoms with E-state index in [1.54, 1.807) is 11.8 Å². The van der Waals surface area contributed by atoms with E-state index >= 15 is 0 Å². The van der Waals surface area contributed by atoms with Crippen LogP contribution in [0.15, 0.2) is 29.2 Å². The Hall–Kier alpha value is -0.750. The average molecular weight is 317 g/mol. The summed E-state index contributed by atoms with van der Waals surface area (Å²) < 4.78 is 0. The van der Waals surface area contributed by atoms with Gasteiger partial charge < -0.3 is 15.7 Å². The highest BCUT2D eigenvalue weighted by molar-refractivity contribution is 8.00. The number of rotatable bonds is 5. The SMILES string of the molecule is Cc1ccccc1SCC(=O)NCC1CNCC1O.Cl. The number of aliphatic hydroxyl groups excluding tert-OH is 1. The van der Waals surface area contributed by atoms with Crippen LogP contribution in [0.5, 0.6) is 0 Å². The molecule has 6 heteroatoms. The number of hydrogen-bond donors (Lipinski definition) is 3. The second-order valence-electron chi connectivity index (χ2n) is 4.84. The molecule has 4 nitrogen and oxygen atoms in total. The van der Waals surface area contributed by atoms with Crippen molar-refractivity contribution in [2.24, 2.45) is 5.92 Å². The number of hydrogen-bond acceptors (Lipinski definition) is 4. The summed E-state index contributed by atoms with van der Waals surface area (Å²) in [5, 5.41) is 15.6. The first-order valence-corrected chi connectivity index (χ1v) is 7.49. The fourth-order valence-electron chi connectivity index (χ4n) is 2.09. The molecule has 0 spiro atoms. The summed E-state index contributed by atoms with van der Waals surface area (Å²) in [6.45, 7) is 3.98. The lowest BCUT2D eigenvalue weighted by Gasteiger charge is -2.14. The Kier molecular flexibility index (Phi) is 7.37.